The van der Waals surface area contributed by atoms with Crippen molar-refractivity contribution >= 4 is 80.3 Å². The maximum Gasteiger partial charge on any atom is 2.00 e. The predicted molar refractivity (Wildman–Crippen MR) is 168 cm³/mol. The molecule has 0 aromatic heterocycles. The topological polar surface area (TPSA) is 130 Å². The Kier molecular flexibility index (Phi) is 11.6. The van der Waals surface area contributed by atoms with Crippen LogP contribution < -0.4 is 10.2 Å². The molecule has 0 atom stereocenters. The number of carbonyl (C=O) groups is 2. The van der Waals surface area contributed by atoms with Crippen LogP contribution in [0.5, 0.6) is 0 Å². The SMILES string of the molecule is CC(C)(C)C1=NC(C(=O)[O-])(C(C)(C)C)N=C1C(C)(C)C.CC(C)(C)C1=NC(C(=O)[O-])(C(C)(C)C)N=C1C(C)(C)C.[Sr+2]. The maximum absolute atomic E-state index is 11.8. The van der Waals surface area contributed by atoms with Gasteiger partial charge in [0.15, 0.2) is 11.3 Å². The van der Waals surface area contributed by atoms with Crippen LogP contribution in [0, 0.1) is 32.5 Å². The fraction of sp³-hybridized carbons (Fsp3) is 0.812. The first-order chi connectivity index (χ1) is 17.3. The number of aliphatic imine (C=N–C) groups is 4. The van der Waals surface area contributed by atoms with Gasteiger partial charge in [-0.1, -0.05) is 125 Å². The van der Waals surface area contributed by atoms with Crippen LogP contribution in [0.2, 0.25) is 0 Å². The van der Waals surface area contributed by atoms with Crippen LogP contribution in [0.3, 0.4) is 0 Å². The van der Waals surface area contributed by atoms with Gasteiger partial charge < -0.3 is 19.8 Å². The fourth-order valence-corrected chi connectivity index (χ4v) is 4.47. The molecule has 0 amide bonds. The first-order valence-corrected chi connectivity index (χ1v) is 14.1. The van der Waals surface area contributed by atoms with Crippen LogP contribution in [-0.2, 0) is 9.59 Å². The Bertz CT molecular complexity index is 999. The van der Waals surface area contributed by atoms with Gasteiger partial charge in [-0.25, -0.2) is 0 Å². The molecule has 41 heavy (non-hydrogen) atoms. The predicted octanol–water partition coefficient (Wildman–Crippen LogP) is 4.55. The van der Waals surface area contributed by atoms with E-state index < -0.39 is 34.1 Å². The van der Waals surface area contributed by atoms with Crippen LogP contribution >= 0.6 is 0 Å². The first-order valence-electron chi connectivity index (χ1n) is 14.1. The number of carbonyl (C=O) groups excluding carboxylic acids is 2. The normalized spacial score (nSPS) is 19.2. The molecule has 0 radical (unpaired) electrons. The van der Waals surface area contributed by atoms with Crippen molar-refractivity contribution in [3.63, 3.8) is 0 Å². The van der Waals surface area contributed by atoms with Crippen molar-refractivity contribution in [1.29, 1.82) is 0 Å². The van der Waals surface area contributed by atoms with E-state index in [1.165, 1.54) is 0 Å². The van der Waals surface area contributed by atoms with E-state index >= 15 is 0 Å². The Labute approximate surface area is 286 Å². The average molecular weight is 646 g/mol. The summed E-state index contributed by atoms with van der Waals surface area (Å²) in [6, 6.07) is 0. The fourth-order valence-electron chi connectivity index (χ4n) is 4.47. The number of aliphatic carboxylic acids is 2. The summed E-state index contributed by atoms with van der Waals surface area (Å²) >= 11 is 0. The Morgan fingerprint density at radius 1 is 0.439 bits per heavy atom. The first kappa shape index (κ1) is 40.1. The van der Waals surface area contributed by atoms with Gasteiger partial charge in [0.2, 0.25) is 0 Å². The van der Waals surface area contributed by atoms with Crippen LogP contribution in [0.25, 0.3) is 0 Å². The Morgan fingerprint density at radius 2 is 0.585 bits per heavy atom. The van der Waals surface area contributed by atoms with E-state index in [0.29, 0.717) is 0 Å². The number of nitrogens with zero attached hydrogens (tertiary/aromatic N) is 4. The molecule has 0 aromatic rings. The molecule has 9 heteroatoms. The number of hydrogen-bond donors (Lipinski definition) is 0. The monoisotopic (exact) mass is 646 g/mol. The van der Waals surface area contributed by atoms with E-state index in [1.807, 2.05) is 125 Å². The van der Waals surface area contributed by atoms with Crippen molar-refractivity contribution in [3.8, 4) is 0 Å². The number of hydrogen-bond acceptors (Lipinski definition) is 8. The minimum absolute atomic E-state index is 0. The van der Waals surface area contributed by atoms with Gasteiger partial charge in [0.05, 0.1) is 34.8 Å². The Hall–Kier alpha value is -0.899. The Balaban J connectivity index is 0.000000762. The summed E-state index contributed by atoms with van der Waals surface area (Å²) in [4.78, 5) is 41.8. The zero-order valence-corrected chi connectivity index (χ0v) is 32.6. The van der Waals surface area contributed by atoms with Gasteiger partial charge in [-0.3, -0.25) is 20.0 Å². The summed E-state index contributed by atoms with van der Waals surface area (Å²) in [6.07, 6.45) is 0. The van der Waals surface area contributed by atoms with Gasteiger partial charge in [-0.15, -0.1) is 0 Å². The molecular weight excluding hydrogens is 592 g/mol. The van der Waals surface area contributed by atoms with Crippen molar-refractivity contribution in [1.82, 2.24) is 0 Å². The number of rotatable bonds is 2. The van der Waals surface area contributed by atoms with Crippen LogP contribution in [-0.4, -0.2) is 91.6 Å². The molecule has 0 unspecified atom stereocenters. The van der Waals surface area contributed by atoms with E-state index in [9.17, 15) is 19.8 Å². The van der Waals surface area contributed by atoms with E-state index in [4.69, 9.17) is 0 Å². The molecule has 0 saturated heterocycles. The summed E-state index contributed by atoms with van der Waals surface area (Å²) in [5.74, 6) is -2.46. The van der Waals surface area contributed by atoms with Crippen molar-refractivity contribution in [2.75, 3.05) is 0 Å². The molecule has 0 fully saturated rings. The quantitative estimate of drug-likeness (QED) is 0.408. The number of carboxylic acid groups (broad SMARTS) is 2. The van der Waals surface area contributed by atoms with Gasteiger partial charge in [-0.2, -0.15) is 0 Å². The molecule has 228 valence electrons. The van der Waals surface area contributed by atoms with Crippen LogP contribution in [0.4, 0.5) is 0 Å². The second kappa shape index (κ2) is 11.9. The largest absolute Gasteiger partial charge is 2.00 e. The number of carboxylic acids is 2. The van der Waals surface area contributed by atoms with Crippen molar-refractivity contribution in [2.45, 2.75) is 136 Å². The zero-order chi connectivity index (χ0) is 32.3. The van der Waals surface area contributed by atoms with Gasteiger partial charge in [0.25, 0.3) is 0 Å². The molecule has 2 aliphatic heterocycles. The smallest absolute Gasteiger partial charge is 0.545 e. The van der Waals surface area contributed by atoms with E-state index in [2.05, 4.69) is 20.0 Å². The molecule has 2 aliphatic rings. The van der Waals surface area contributed by atoms with Crippen molar-refractivity contribution in [3.05, 3.63) is 0 Å². The van der Waals surface area contributed by atoms with Crippen LogP contribution in [0.1, 0.15) is 125 Å². The van der Waals surface area contributed by atoms with E-state index in [1.54, 1.807) is 0 Å². The molecule has 8 nitrogen and oxygen atoms in total. The van der Waals surface area contributed by atoms with Gasteiger partial charge in [-0.05, 0) is 0 Å². The summed E-state index contributed by atoms with van der Waals surface area (Å²) in [7, 11) is 0. The molecule has 2 heterocycles. The molecule has 0 aromatic carbocycles. The third kappa shape index (κ3) is 8.18. The van der Waals surface area contributed by atoms with Gasteiger partial charge in [0.1, 0.15) is 0 Å². The molecular formula is C32H54N4O4Sr. The van der Waals surface area contributed by atoms with Crippen molar-refractivity contribution in [2.24, 2.45) is 52.5 Å². The zero-order valence-electron chi connectivity index (χ0n) is 29.1. The second-order valence-corrected chi connectivity index (χ2v) is 17.3. The summed E-state index contributed by atoms with van der Waals surface area (Å²) in [5, 5.41) is 23.6. The standard InChI is InChI=1S/2C16H28N2O2.Sr/c2*1-13(2,3)10-11(14(4,5)6)18-16(17-10,12(19)20)15(7,8)9;/h2*1-9H3,(H,19,20);/q;;+2/p-2. The molecule has 0 spiro atoms. The molecule has 0 N–H and O–H groups in total. The van der Waals surface area contributed by atoms with Crippen LogP contribution in [0.15, 0.2) is 20.0 Å². The van der Waals surface area contributed by atoms with Gasteiger partial charge in [0, 0.05) is 32.5 Å². The molecule has 0 bridgehead atoms. The average Bonchev–Trinajstić information content (AvgIpc) is 3.29. The molecule has 2 rings (SSSR count). The maximum atomic E-state index is 11.8. The Morgan fingerprint density at radius 3 is 0.659 bits per heavy atom. The summed E-state index contributed by atoms with van der Waals surface area (Å²) < 4.78 is 0. The molecule has 0 aliphatic carbocycles. The van der Waals surface area contributed by atoms with Crippen molar-refractivity contribution < 1.29 is 19.8 Å². The second-order valence-electron chi connectivity index (χ2n) is 17.3. The summed E-state index contributed by atoms with van der Waals surface area (Å²) in [6.45, 7) is 35.4. The minimum atomic E-state index is -1.53. The summed E-state index contributed by atoms with van der Waals surface area (Å²) in [5.41, 5.74) is -2.30. The van der Waals surface area contributed by atoms with E-state index in [-0.39, 0.29) is 67.1 Å². The molecule has 0 saturated carbocycles. The minimum Gasteiger partial charge on any atom is -0.545 e. The van der Waals surface area contributed by atoms with Gasteiger partial charge >= 0.3 is 45.5 Å². The third-order valence-corrected chi connectivity index (χ3v) is 7.05. The van der Waals surface area contributed by atoms with E-state index in [0.717, 1.165) is 22.8 Å². The third-order valence-electron chi connectivity index (χ3n) is 7.05.